The molecule has 0 spiro atoms. The molecular weight excluding hydrogens is 379 g/mol. The summed E-state index contributed by atoms with van der Waals surface area (Å²) in [5.41, 5.74) is 3.81. The van der Waals surface area contributed by atoms with Gasteiger partial charge in [0.2, 0.25) is 0 Å². The minimum absolute atomic E-state index is 0.00354. The van der Waals surface area contributed by atoms with Gasteiger partial charge in [0.05, 0.1) is 5.75 Å². The van der Waals surface area contributed by atoms with Crippen LogP contribution in [0, 0.1) is 19.7 Å². The molecule has 1 heterocycles. The molecule has 1 aromatic heterocycles. The lowest BCUT2D eigenvalue weighted by Gasteiger charge is -2.08. The number of aryl methyl sites for hydroxylation is 2. The number of aliphatic carboxylic acids is 1. The molecule has 0 aliphatic carbocycles. The number of halogens is 1. The van der Waals surface area contributed by atoms with Gasteiger partial charge in [-0.1, -0.05) is 35.9 Å². The third-order valence-corrected chi connectivity index (χ3v) is 5.22. The van der Waals surface area contributed by atoms with Crippen molar-refractivity contribution in [1.29, 1.82) is 0 Å². The summed E-state index contributed by atoms with van der Waals surface area (Å²) < 4.78 is 25.6. The molecule has 0 aliphatic heterocycles. The van der Waals surface area contributed by atoms with Gasteiger partial charge in [-0.3, -0.25) is 4.79 Å². The third kappa shape index (κ3) is 5.16. The standard InChI is InChI=1S/C22H21FO4S/c1-14-3-6-17(7-4-14)20-10-18(15(2)27-20)11-26-21-9-16(5-8-19(21)23)12-28-13-22(24)25/h3-10H,11-13H2,1-2H3,(H,24,25). The van der Waals surface area contributed by atoms with E-state index in [0.717, 1.165) is 28.2 Å². The van der Waals surface area contributed by atoms with E-state index in [2.05, 4.69) is 0 Å². The minimum Gasteiger partial charge on any atom is -0.486 e. The number of carboxylic acids is 1. The second-order valence-electron chi connectivity index (χ2n) is 6.50. The molecule has 6 heteroatoms. The quantitative estimate of drug-likeness (QED) is 0.533. The molecule has 0 saturated heterocycles. The zero-order chi connectivity index (χ0) is 20.1. The zero-order valence-corrected chi connectivity index (χ0v) is 16.5. The van der Waals surface area contributed by atoms with E-state index in [-0.39, 0.29) is 18.1 Å². The highest BCUT2D eigenvalue weighted by Gasteiger charge is 2.12. The van der Waals surface area contributed by atoms with Gasteiger partial charge < -0.3 is 14.3 Å². The number of hydrogen-bond donors (Lipinski definition) is 1. The molecular formula is C22H21FO4S. The predicted octanol–water partition coefficient (Wildman–Crippen LogP) is 5.60. The Labute approximate surface area is 167 Å². The molecule has 0 atom stereocenters. The molecule has 146 valence electrons. The van der Waals surface area contributed by atoms with Crippen LogP contribution >= 0.6 is 11.8 Å². The Balaban J connectivity index is 1.68. The van der Waals surface area contributed by atoms with Gasteiger partial charge in [0.25, 0.3) is 0 Å². The van der Waals surface area contributed by atoms with Crippen molar-refractivity contribution in [3.05, 3.63) is 76.8 Å². The van der Waals surface area contributed by atoms with E-state index in [9.17, 15) is 9.18 Å². The van der Waals surface area contributed by atoms with Crippen LogP contribution in [0.5, 0.6) is 5.75 Å². The highest BCUT2D eigenvalue weighted by Crippen LogP contribution is 2.28. The van der Waals surface area contributed by atoms with Crippen LogP contribution in [-0.4, -0.2) is 16.8 Å². The fraction of sp³-hybridized carbons (Fsp3) is 0.227. The second kappa shape index (κ2) is 8.97. The van der Waals surface area contributed by atoms with Crippen molar-refractivity contribution in [1.82, 2.24) is 0 Å². The Morgan fingerprint density at radius 3 is 2.61 bits per heavy atom. The normalized spacial score (nSPS) is 10.8. The van der Waals surface area contributed by atoms with Gasteiger partial charge in [-0.25, -0.2) is 4.39 Å². The Morgan fingerprint density at radius 1 is 1.14 bits per heavy atom. The molecule has 28 heavy (non-hydrogen) atoms. The monoisotopic (exact) mass is 400 g/mol. The van der Waals surface area contributed by atoms with E-state index in [0.29, 0.717) is 5.75 Å². The summed E-state index contributed by atoms with van der Waals surface area (Å²) in [6, 6.07) is 14.5. The van der Waals surface area contributed by atoms with Crippen LogP contribution in [0.25, 0.3) is 11.3 Å². The van der Waals surface area contributed by atoms with Crippen LogP contribution in [-0.2, 0) is 17.2 Å². The van der Waals surface area contributed by atoms with Crippen LogP contribution in [0.15, 0.2) is 52.9 Å². The lowest BCUT2D eigenvalue weighted by Crippen LogP contribution is -2.00. The summed E-state index contributed by atoms with van der Waals surface area (Å²) >= 11 is 1.26. The number of furan rings is 1. The fourth-order valence-electron chi connectivity index (χ4n) is 2.68. The van der Waals surface area contributed by atoms with E-state index in [1.165, 1.54) is 23.4 Å². The van der Waals surface area contributed by atoms with Gasteiger partial charge in [-0.05, 0) is 37.6 Å². The van der Waals surface area contributed by atoms with Crippen molar-refractivity contribution >= 4 is 17.7 Å². The van der Waals surface area contributed by atoms with E-state index in [1.54, 1.807) is 12.1 Å². The average molecular weight is 400 g/mol. The van der Waals surface area contributed by atoms with Crippen molar-refractivity contribution in [2.75, 3.05) is 5.75 Å². The lowest BCUT2D eigenvalue weighted by atomic mass is 10.1. The van der Waals surface area contributed by atoms with Crippen LogP contribution in [0.2, 0.25) is 0 Å². The lowest BCUT2D eigenvalue weighted by molar-refractivity contribution is -0.133. The molecule has 0 unspecified atom stereocenters. The van der Waals surface area contributed by atoms with E-state index < -0.39 is 11.8 Å². The van der Waals surface area contributed by atoms with Gasteiger partial charge in [-0.15, -0.1) is 11.8 Å². The van der Waals surface area contributed by atoms with Gasteiger partial charge in [0.15, 0.2) is 11.6 Å². The van der Waals surface area contributed by atoms with Crippen LogP contribution in [0.1, 0.15) is 22.5 Å². The molecule has 2 aromatic carbocycles. The van der Waals surface area contributed by atoms with Crippen molar-refractivity contribution in [2.24, 2.45) is 0 Å². The van der Waals surface area contributed by atoms with Crippen molar-refractivity contribution in [3.63, 3.8) is 0 Å². The molecule has 3 rings (SSSR count). The SMILES string of the molecule is Cc1ccc(-c2cc(COc3cc(CSCC(=O)O)ccc3F)c(C)o2)cc1. The molecule has 4 nitrogen and oxygen atoms in total. The molecule has 3 aromatic rings. The Bertz CT molecular complexity index is 963. The molecule has 0 radical (unpaired) electrons. The molecule has 0 aliphatic rings. The summed E-state index contributed by atoms with van der Waals surface area (Å²) in [5.74, 6) is 0.773. The number of carboxylic acid groups (broad SMARTS) is 1. The first-order chi connectivity index (χ1) is 13.4. The number of ether oxygens (including phenoxy) is 1. The van der Waals surface area contributed by atoms with E-state index in [4.69, 9.17) is 14.3 Å². The number of rotatable bonds is 8. The summed E-state index contributed by atoms with van der Waals surface area (Å²) in [5, 5.41) is 8.71. The molecule has 0 amide bonds. The molecule has 1 N–H and O–H groups in total. The number of benzene rings is 2. The van der Waals surface area contributed by atoms with E-state index >= 15 is 0 Å². The number of hydrogen-bond acceptors (Lipinski definition) is 4. The summed E-state index contributed by atoms with van der Waals surface area (Å²) in [7, 11) is 0. The number of thioether (sulfide) groups is 1. The fourth-order valence-corrected chi connectivity index (χ4v) is 3.38. The smallest absolute Gasteiger partial charge is 0.313 e. The molecule has 0 fully saturated rings. The highest BCUT2D eigenvalue weighted by molar-refractivity contribution is 7.99. The minimum atomic E-state index is -0.872. The molecule has 0 bridgehead atoms. The highest BCUT2D eigenvalue weighted by atomic mass is 32.2. The van der Waals surface area contributed by atoms with Gasteiger partial charge in [-0.2, -0.15) is 0 Å². The summed E-state index contributed by atoms with van der Waals surface area (Å²) in [4.78, 5) is 10.6. The maximum atomic E-state index is 14.1. The Hall–Kier alpha value is -2.73. The molecule has 0 saturated carbocycles. The average Bonchev–Trinajstić information content (AvgIpc) is 3.03. The van der Waals surface area contributed by atoms with Gasteiger partial charge >= 0.3 is 5.97 Å². The predicted molar refractivity (Wildman–Crippen MR) is 108 cm³/mol. The summed E-state index contributed by atoms with van der Waals surface area (Å²) in [6.45, 7) is 4.06. The first-order valence-corrected chi connectivity index (χ1v) is 9.95. The summed E-state index contributed by atoms with van der Waals surface area (Å²) in [6.07, 6.45) is 0. The maximum Gasteiger partial charge on any atom is 0.313 e. The zero-order valence-electron chi connectivity index (χ0n) is 15.7. The van der Waals surface area contributed by atoms with Crippen molar-refractivity contribution < 1.29 is 23.4 Å². The first-order valence-electron chi connectivity index (χ1n) is 8.79. The van der Waals surface area contributed by atoms with Crippen LogP contribution in [0.4, 0.5) is 4.39 Å². The van der Waals surface area contributed by atoms with Crippen molar-refractivity contribution in [2.45, 2.75) is 26.2 Å². The topological polar surface area (TPSA) is 59.7 Å². The first kappa shape index (κ1) is 20.0. The maximum absolute atomic E-state index is 14.1. The van der Waals surface area contributed by atoms with Crippen molar-refractivity contribution in [3.8, 4) is 17.1 Å². The van der Waals surface area contributed by atoms with Gasteiger partial charge in [0.1, 0.15) is 18.1 Å². The Morgan fingerprint density at radius 2 is 1.89 bits per heavy atom. The second-order valence-corrected chi connectivity index (χ2v) is 7.48. The third-order valence-electron chi connectivity index (χ3n) is 4.23. The van der Waals surface area contributed by atoms with Gasteiger partial charge in [0, 0.05) is 16.9 Å². The van der Waals surface area contributed by atoms with Crippen LogP contribution < -0.4 is 4.74 Å². The Kier molecular flexibility index (Phi) is 6.41. The number of carbonyl (C=O) groups is 1. The van der Waals surface area contributed by atoms with E-state index in [1.807, 2.05) is 44.2 Å². The largest absolute Gasteiger partial charge is 0.486 e. The van der Waals surface area contributed by atoms with Crippen LogP contribution in [0.3, 0.4) is 0 Å².